The van der Waals surface area contributed by atoms with Gasteiger partial charge in [0.1, 0.15) is 13.2 Å². The molecule has 0 aliphatic rings. The molecule has 0 aromatic carbocycles. The van der Waals surface area contributed by atoms with Gasteiger partial charge >= 0.3 is 17.9 Å². The summed E-state index contributed by atoms with van der Waals surface area (Å²) in [5, 5.41) is 0. The first-order valence-corrected chi connectivity index (χ1v) is 25.1. The number of carbonyl (C=O) groups excluding carboxylic acids is 3. The molecule has 0 aliphatic carbocycles. The van der Waals surface area contributed by atoms with Crippen molar-refractivity contribution in [2.24, 2.45) is 17.8 Å². The minimum Gasteiger partial charge on any atom is -0.462 e. The zero-order valence-electron chi connectivity index (χ0n) is 39.1. The zero-order valence-corrected chi connectivity index (χ0v) is 39.1. The number of esters is 3. The smallest absolute Gasteiger partial charge is 0.306 e. The Hall–Kier alpha value is -1.59. The van der Waals surface area contributed by atoms with E-state index < -0.39 is 6.10 Å². The number of carbonyl (C=O) groups is 3. The van der Waals surface area contributed by atoms with E-state index in [1.165, 1.54) is 154 Å². The predicted octanol–water partition coefficient (Wildman–Crippen LogP) is 16.0. The summed E-state index contributed by atoms with van der Waals surface area (Å²) in [6.45, 7) is 13.7. The third-order valence-corrected chi connectivity index (χ3v) is 11.8. The van der Waals surface area contributed by atoms with Gasteiger partial charge in [-0.15, -0.1) is 0 Å². The molecule has 1 unspecified atom stereocenters. The second-order valence-electron chi connectivity index (χ2n) is 18.6. The fourth-order valence-corrected chi connectivity index (χ4v) is 7.55. The summed E-state index contributed by atoms with van der Waals surface area (Å²) in [7, 11) is 0. The monoisotopic (exact) mass is 807 g/mol. The lowest BCUT2D eigenvalue weighted by atomic mass is 9.99. The average molecular weight is 807 g/mol. The molecule has 0 N–H and O–H groups in total. The highest BCUT2D eigenvalue weighted by molar-refractivity contribution is 5.71. The van der Waals surface area contributed by atoms with Gasteiger partial charge in [-0.2, -0.15) is 0 Å². The van der Waals surface area contributed by atoms with Crippen LogP contribution < -0.4 is 0 Å². The van der Waals surface area contributed by atoms with Crippen LogP contribution >= 0.6 is 0 Å². The molecule has 0 radical (unpaired) electrons. The van der Waals surface area contributed by atoms with Gasteiger partial charge in [0, 0.05) is 19.3 Å². The number of rotatable bonds is 44. The molecular weight excluding hydrogens is 709 g/mol. The van der Waals surface area contributed by atoms with Crippen LogP contribution in [0.1, 0.15) is 273 Å². The van der Waals surface area contributed by atoms with Gasteiger partial charge in [0.05, 0.1) is 0 Å². The van der Waals surface area contributed by atoms with Crippen molar-refractivity contribution in [1.82, 2.24) is 0 Å². The first-order chi connectivity index (χ1) is 27.6. The lowest BCUT2D eigenvalue weighted by Crippen LogP contribution is -2.30. The van der Waals surface area contributed by atoms with E-state index in [2.05, 4.69) is 41.5 Å². The van der Waals surface area contributed by atoms with Crippen LogP contribution in [0.2, 0.25) is 0 Å². The molecule has 0 saturated heterocycles. The fourth-order valence-electron chi connectivity index (χ4n) is 7.55. The predicted molar refractivity (Wildman–Crippen MR) is 243 cm³/mol. The third-order valence-electron chi connectivity index (χ3n) is 11.8. The number of hydrogen-bond acceptors (Lipinski definition) is 6. The van der Waals surface area contributed by atoms with Crippen molar-refractivity contribution < 1.29 is 28.6 Å². The molecular formula is C51H98O6. The molecule has 0 spiro atoms. The molecule has 0 bridgehead atoms. The summed E-state index contributed by atoms with van der Waals surface area (Å²) in [6.07, 6.45) is 40.8. The fraction of sp³-hybridized carbons (Fsp3) is 0.941. The summed E-state index contributed by atoms with van der Waals surface area (Å²) in [5.41, 5.74) is 0. The van der Waals surface area contributed by atoms with Crippen LogP contribution in [0.4, 0.5) is 0 Å². The van der Waals surface area contributed by atoms with E-state index in [0.717, 1.165) is 75.5 Å². The highest BCUT2D eigenvalue weighted by Gasteiger charge is 2.19. The molecule has 6 heteroatoms. The highest BCUT2D eigenvalue weighted by Crippen LogP contribution is 2.18. The normalized spacial score (nSPS) is 12.6. The summed E-state index contributed by atoms with van der Waals surface area (Å²) < 4.78 is 16.8. The standard InChI is InChI=1S/C51H98O6/c1-7-47(6)39-33-27-21-17-18-24-30-36-42-51(54)57-48(44-56-50(53)41-35-29-23-16-12-14-20-26-32-38-46(4)5)43-55-49(52)40-34-28-22-15-11-9-8-10-13-19-25-31-37-45(2)3/h45-48H,7-44H2,1-6H3/t47?,48-/m0/s1. The molecule has 0 aliphatic heterocycles. The van der Waals surface area contributed by atoms with Gasteiger partial charge in [-0.25, -0.2) is 0 Å². The molecule has 0 fully saturated rings. The van der Waals surface area contributed by atoms with Gasteiger partial charge in [0.2, 0.25) is 0 Å². The van der Waals surface area contributed by atoms with Crippen molar-refractivity contribution in [3.05, 3.63) is 0 Å². The molecule has 0 aromatic heterocycles. The van der Waals surface area contributed by atoms with Crippen LogP contribution in [-0.2, 0) is 28.6 Å². The van der Waals surface area contributed by atoms with Crippen molar-refractivity contribution in [2.75, 3.05) is 13.2 Å². The van der Waals surface area contributed by atoms with Crippen LogP contribution in [-0.4, -0.2) is 37.2 Å². The Morgan fingerprint density at radius 1 is 0.351 bits per heavy atom. The minimum atomic E-state index is -0.763. The van der Waals surface area contributed by atoms with Gasteiger partial charge in [-0.1, -0.05) is 234 Å². The van der Waals surface area contributed by atoms with Gasteiger partial charge in [0.25, 0.3) is 0 Å². The summed E-state index contributed by atoms with van der Waals surface area (Å²) in [5.74, 6) is 1.63. The summed E-state index contributed by atoms with van der Waals surface area (Å²) >= 11 is 0. The second kappa shape index (κ2) is 42.5. The van der Waals surface area contributed by atoms with E-state index in [4.69, 9.17) is 14.2 Å². The Morgan fingerprint density at radius 2 is 0.614 bits per heavy atom. The molecule has 0 saturated carbocycles. The highest BCUT2D eigenvalue weighted by atomic mass is 16.6. The number of hydrogen-bond donors (Lipinski definition) is 0. The van der Waals surface area contributed by atoms with E-state index in [1.54, 1.807) is 0 Å². The van der Waals surface area contributed by atoms with Crippen LogP contribution in [0.15, 0.2) is 0 Å². The van der Waals surface area contributed by atoms with Crippen molar-refractivity contribution in [2.45, 2.75) is 279 Å². The van der Waals surface area contributed by atoms with Gasteiger partial charge in [-0.05, 0) is 37.0 Å². The molecule has 0 rings (SSSR count). The quantitative estimate of drug-likeness (QED) is 0.0347. The van der Waals surface area contributed by atoms with Crippen molar-refractivity contribution in [1.29, 1.82) is 0 Å². The van der Waals surface area contributed by atoms with Crippen molar-refractivity contribution in [3.63, 3.8) is 0 Å². The molecule has 0 aromatic rings. The lowest BCUT2D eigenvalue weighted by Gasteiger charge is -2.18. The van der Waals surface area contributed by atoms with Gasteiger partial charge in [0.15, 0.2) is 6.10 Å². The Morgan fingerprint density at radius 3 is 0.912 bits per heavy atom. The van der Waals surface area contributed by atoms with E-state index in [0.29, 0.717) is 19.3 Å². The Kier molecular flexibility index (Phi) is 41.3. The maximum Gasteiger partial charge on any atom is 0.306 e. The van der Waals surface area contributed by atoms with Crippen LogP contribution in [0.3, 0.4) is 0 Å². The number of ether oxygens (including phenoxy) is 3. The third kappa shape index (κ3) is 43.8. The van der Waals surface area contributed by atoms with Crippen LogP contribution in [0, 0.1) is 17.8 Å². The van der Waals surface area contributed by atoms with E-state index in [9.17, 15) is 14.4 Å². The number of unbranched alkanes of at least 4 members (excludes halogenated alkanes) is 26. The maximum atomic E-state index is 12.8. The minimum absolute atomic E-state index is 0.0654. The molecule has 6 nitrogen and oxygen atoms in total. The summed E-state index contributed by atoms with van der Waals surface area (Å²) in [4.78, 5) is 37.9. The lowest BCUT2D eigenvalue weighted by molar-refractivity contribution is -0.167. The Labute approximate surface area is 355 Å². The SMILES string of the molecule is CCC(C)CCCCCCCCCCC(=O)O[C@@H](COC(=O)CCCCCCCCCCCCCCC(C)C)COC(=O)CCCCCCCCCCCC(C)C. The van der Waals surface area contributed by atoms with Gasteiger partial charge in [-0.3, -0.25) is 14.4 Å². The largest absolute Gasteiger partial charge is 0.462 e. The average Bonchev–Trinajstić information content (AvgIpc) is 3.18. The van der Waals surface area contributed by atoms with E-state index in [1.807, 2.05) is 0 Å². The molecule has 0 heterocycles. The topological polar surface area (TPSA) is 78.9 Å². The van der Waals surface area contributed by atoms with Crippen molar-refractivity contribution >= 4 is 17.9 Å². The van der Waals surface area contributed by atoms with Crippen LogP contribution in [0.25, 0.3) is 0 Å². The molecule has 2 atom stereocenters. The maximum absolute atomic E-state index is 12.8. The molecule has 0 amide bonds. The van der Waals surface area contributed by atoms with Crippen molar-refractivity contribution in [3.8, 4) is 0 Å². The van der Waals surface area contributed by atoms with Crippen LogP contribution in [0.5, 0.6) is 0 Å². The first kappa shape index (κ1) is 55.4. The second-order valence-corrected chi connectivity index (χ2v) is 18.6. The first-order valence-electron chi connectivity index (χ1n) is 25.1. The van der Waals surface area contributed by atoms with E-state index in [-0.39, 0.29) is 31.1 Å². The zero-order chi connectivity index (χ0) is 42.0. The molecule has 57 heavy (non-hydrogen) atoms. The van der Waals surface area contributed by atoms with E-state index >= 15 is 0 Å². The summed E-state index contributed by atoms with van der Waals surface area (Å²) in [6, 6.07) is 0. The Bertz CT molecular complexity index is 885. The van der Waals surface area contributed by atoms with Gasteiger partial charge < -0.3 is 14.2 Å². The molecule has 338 valence electrons. The Balaban J connectivity index is 4.33.